The van der Waals surface area contributed by atoms with Crippen LogP contribution in [0.1, 0.15) is 44.1 Å². The van der Waals surface area contributed by atoms with Gasteiger partial charge in [-0.15, -0.1) is 0 Å². The van der Waals surface area contributed by atoms with Gasteiger partial charge in [-0.2, -0.15) is 0 Å². The second-order valence-electron chi connectivity index (χ2n) is 6.64. The number of hydrogen-bond acceptors (Lipinski definition) is 4. The van der Waals surface area contributed by atoms with Crippen LogP contribution in [0.15, 0.2) is 35.2 Å². The maximum absolute atomic E-state index is 12.6. The van der Waals surface area contributed by atoms with E-state index in [0.717, 1.165) is 50.8 Å². The highest BCUT2D eigenvalue weighted by molar-refractivity contribution is 8.26. The zero-order valence-electron chi connectivity index (χ0n) is 14.9. The van der Waals surface area contributed by atoms with E-state index < -0.39 is 0 Å². The van der Waals surface area contributed by atoms with Crippen molar-refractivity contribution < 1.29 is 9.59 Å². The van der Waals surface area contributed by atoms with Gasteiger partial charge >= 0.3 is 0 Å². The fourth-order valence-electron chi connectivity index (χ4n) is 3.24. The van der Waals surface area contributed by atoms with Gasteiger partial charge in [0.15, 0.2) is 0 Å². The molecule has 2 heterocycles. The highest BCUT2D eigenvalue weighted by Crippen LogP contribution is 2.32. The Morgan fingerprint density at radius 3 is 2.58 bits per heavy atom. The molecule has 0 bridgehead atoms. The lowest BCUT2D eigenvalue weighted by Crippen LogP contribution is -2.29. The Morgan fingerprint density at radius 2 is 1.85 bits per heavy atom. The molecule has 2 amide bonds. The molecule has 2 aliphatic rings. The number of unbranched alkanes of at least 4 members (excludes halogenated alkanes) is 2. The molecule has 26 heavy (non-hydrogen) atoms. The number of thiocarbonyl (C=S) groups is 1. The van der Waals surface area contributed by atoms with Crippen LogP contribution in [0.2, 0.25) is 0 Å². The summed E-state index contributed by atoms with van der Waals surface area (Å²) >= 11 is 6.74. The first-order valence-electron chi connectivity index (χ1n) is 9.23. The molecular weight excluding hydrogens is 364 g/mol. The molecule has 2 fully saturated rings. The van der Waals surface area contributed by atoms with Crippen LogP contribution in [-0.4, -0.2) is 45.6 Å². The summed E-state index contributed by atoms with van der Waals surface area (Å²) in [5.74, 6) is 0.274. The fraction of sp³-hybridized carbons (Fsp3) is 0.450. The lowest BCUT2D eigenvalue weighted by molar-refractivity contribution is -0.130. The standard InChI is InChI=1S/C20H24N2O2S2/c23-18(21-12-7-8-13-21)11-5-2-6-14-22-19(24)17(26-20(22)25)15-16-9-3-1-4-10-16/h1,3-4,9-10,15H,2,5-8,11-14H2. The smallest absolute Gasteiger partial charge is 0.266 e. The number of likely N-dealkylation sites (tertiary alicyclic amines) is 1. The number of amides is 2. The van der Waals surface area contributed by atoms with Gasteiger partial charge in [0.25, 0.3) is 5.91 Å². The number of rotatable bonds is 7. The van der Waals surface area contributed by atoms with Gasteiger partial charge in [-0.1, -0.05) is 60.7 Å². The Labute approximate surface area is 164 Å². The van der Waals surface area contributed by atoms with E-state index in [1.165, 1.54) is 11.8 Å². The van der Waals surface area contributed by atoms with Gasteiger partial charge in [-0.05, 0) is 37.3 Å². The summed E-state index contributed by atoms with van der Waals surface area (Å²) in [5, 5.41) is 0. The van der Waals surface area contributed by atoms with Crippen molar-refractivity contribution in [3.05, 3.63) is 40.8 Å². The van der Waals surface area contributed by atoms with Gasteiger partial charge in [0.2, 0.25) is 5.91 Å². The molecular formula is C20H24N2O2S2. The first-order chi connectivity index (χ1) is 12.6. The highest BCUT2D eigenvalue weighted by atomic mass is 32.2. The lowest BCUT2D eigenvalue weighted by atomic mass is 10.1. The summed E-state index contributed by atoms with van der Waals surface area (Å²) in [7, 11) is 0. The van der Waals surface area contributed by atoms with Gasteiger partial charge in [-0.25, -0.2) is 0 Å². The van der Waals surface area contributed by atoms with Crippen molar-refractivity contribution in [3.63, 3.8) is 0 Å². The first kappa shape index (κ1) is 19.1. The summed E-state index contributed by atoms with van der Waals surface area (Å²) < 4.78 is 0.630. The van der Waals surface area contributed by atoms with Crippen molar-refractivity contribution in [3.8, 4) is 0 Å². The van der Waals surface area contributed by atoms with Crippen molar-refractivity contribution in [2.24, 2.45) is 0 Å². The number of carbonyl (C=O) groups excluding carboxylic acids is 2. The Morgan fingerprint density at radius 1 is 1.12 bits per heavy atom. The molecule has 0 N–H and O–H groups in total. The molecule has 4 nitrogen and oxygen atoms in total. The molecule has 0 atom stereocenters. The molecule has 0 aromatic heterocycles. The molecule has 0 spiro atoms. The highest BCUT2D eigenvalue weighted by Gasteiger charge is 2.31. The minimum atomic E-state index is -0.00278. The Kier molecular flexibility index (Phi) is 6.86. The Hall–Kier alpha value is -1.66. The van der Waals surface area contributed by atoms with E-state index in [0.29, 0.717) is 22.2 Å². The third kappa shape index (κ3) is 4.95. The minimum absolute atomic E-state index is 0.00278. The van der Waals surface area contributed by atoms with E-state index in [4.69, 9.17) is 12.2 Å². The average molecular weight is 389 g/mol. The zero-order chi connectivity index (χ0) is 18.4. The molecule has 0 aliphatic carbocycles. The van der Waals surface area contributed by atoms with Crippen LogP contribution in [-0.2, 0) is 9.59 Å². The number of thioether (sulfide) groups is 1. The maximum atomic E-state index is 12.6. The fourth-order valence-corrected chi connectivity index (χ4v) is 4.55. The largest absolute Gasteiger partial charge is 0.343 e. The second kappa shape index (κ2) is 9.33. The van der Waals surface area contributed by atoms with Crippen LogP contribution in [0.3, 0.4) is 0 Å². The summed E-state index contributed by atoms with van der Waals surface area (Å²) in [6, 6.07) is 9.82. The van der Waals surface area contributed by atoms with Crippen LogP contribution < -0.4 is 0 Å². The average Bonchev–Trinajstić information content (AvgIpc) is 3.26. The van der Waals surface area contributed by atoms with E-state index in [9.17, 15) is 9.59 Å². The third-order valence-corrected chi connectivity index (χ3v) is 6.08. The normalized spacial score (nSPS) is 19.0. The summed E-state index contributed by atoms with van der Waals surface area (Å²) in [4.78, 5) is 28.9. The van der Waals surface area contributed by atoms with Crippen molar-refractivity contribution in [2.45, 2.75) is 38.5 Å². The minimum Gasteiger partial charge on any atom is -0.343 e. The molecule has 0 radical (unpaired) electrons. The van der Waals surface area contributed by atoms with Crippen molar-refractivity contribution >= 4 is 46.2 Å². The number of benzene rings is 1. The van der Waals surface area contributed by atoms with Crippen LogP contribution >= 0.6 is 24.0 Å². The van der Waals surface area contributed by atoms with E-state index in [1.54, 1.807) is 4.90 Å². The zero-order valence-corrected chi connectivity index (χ0v) is 16.5. The molecule has 2 saturated heterocycles. The Bertz CT molecular complexity index is 697. The van der Waals surface area contributed by atoms with Gasteiger partial charge in [0, 0.05) is 26.1 Å². The van der Waals surface area contributed by atoms with E-state index in [2.05, 4.69) is 0 Å². The summed E-state index contributed by atoms with van der Waals surface area (Å²) in [6.45, 7) is 2.47. The number of carbonyl (C=O) groups is 2. The van der Waals surface area contributed by atoms with Crippen molar-refractivity contribution in [1.29, 1.82) is 0 Å². The summed E-state index contributed by atoms with van der Waals surface area (Å²) in [5.41, 5.74) is 1.01. The maximum Gasteiger partial charge on any atom is 0.266 e. The van der Waals surface area contributed by atoms with Crippen LogP contribution in [0.5, 0.6) is 0 Å². The molecule has 0 unspecified atom stereocenters. The SMILES string of the molecule is O=C(CCCCCN1C(=O)C(=Cc2ccccc2)SC1=S)N1CCCC1. The predicted octanol–water partition coefficient (Wildman–Crippen LogP) is 4.07. The van der Waals surface area contributed by atoms with Crippen LogP contribution in [0.25, 0.3) is 6.08 Å². The predicted molar refractivity (Wildman–Crippen MR) is 111 cm³/mol. The topological polar surface area (TPSA) is 40.6 Å². The lowest BCUT2D eigenvalue weighted by Gasteiger charge is -2.16. The van der Waals surface area contributed by atoms with Gasteiger partial charge in [0.05, 0.1) is 4.91 Å². The van der Waals surface area contributed by atoms with Gasteiger partial charge in [0.1, 0.15) is 4.32 Å². The number of nitrogens with zero attached hydrogens (tertiary/aromatic N) is 2. The molecule has 1 aromatic carbocycles. The van der Waals surface area contributed by atoms with E-state index in [1.807, 2.05) is 41.3 Å². The third-order valence-electron chi connectivity index (χ3n) is 4.70. The molecule has 2 aliphatic heterocycles. The monoisotopic (exact) mass is 388 g/mol. The molecule has 138 valence electrons. The summed E-state index contributed by atoms with van der Waals surface area (Å²) in [6.07, 6.45) is 7.48. The van der Waals surface area contributed by atoms with E-state index >= 15 is 0 Å². The Balaban J connectivity index is 1.42. The van der Waals surface area contributed by atoms with Crippen LogP contribution in [0, 0.1) is 0 Å². The number of hydrogen-bond donors (Lipinski definition) is 0. The van der Waals surface area contributed by atoms with Crippen molar-refractivity contribution in [2.75, 3.05) is 19.6 Å². The van der Waals surface area contributed by atoms with Crippen molar-refractivity contribution in [1.82, 2.24) is 9.80 Å². The second-order valence-corrected chi connectivity index (χ2v) is 8.32. The van der Waals surface area contributed by atoms with Gasteiger partial charge < -0.3 is 4.90 Å². The molecule has 0 saturated carbocycles. The quantitative estimate of drug-likeness (QED) is 0.401. The first-order valence-corrected chi connectivity index (χ1v) is 10.5. The molecule has 3 rings (SSSR count). The molecule has 1 aromatic rings. The van der Waals surface area contributed by atoms with Gasteiger partial charge in [-0.3, -0.25) is 14.5 Å². The molecule has 6 heteroatoms. The van der Waals surface area contributed by atoms with E-state index in [-0.39, 0.29) is 11.8 Å². The van der Waals surface area contributed by atoms with Crippen LogP contribution in [0.4, 0.5) is 0 Å².